The normalized spacial score (nSPS) is 20.4. The predicted molar refractivity (Wildman–Crippen MR) is 34.5 cm³/mol. The van der Waals surface area contributed by atoms with E-state index < -0.39 is 12.1 Å². The third-order valence-electron chi connectivity index (χ3n) is 1.46. The summed E-state index contributed by atoms with van der Waals surface area (Å²) in [6.07, 6.45) is 1.07. The van der Waals surface area contributed by atoms with Gasteiger partial charge < -0.3 is 10.8 Å². The first-order valence-electron chi connectivity index (χ1n) is 2.91. The van der Waals surface area contributed by atoms with E-state index >= 15 is 0 Å². The fourth-order valence-electron chi connectivity index (χ4n) is 0.407. The van der Waals surface area contributed by atoms with Crippen LogP contribution in [-0.4, -0.2) is 23.5 Å². The molecule has 0 aromatic rings. The fraction of sp³-hybridized carbons (Fsp3) is 0.833. The molecule has 0 heterocycles. The standard InChI is InChI=1S/C6H12NO2/c1-4(5(2)9)6(7)3-8/h4-6,9H,7H2,1-2H3/t4-,5?,6+/m0/s1. The molecule has 9 heavy (non-hydrogen) atoms. The number of carbonyl (C=O) groups excluding carboxylic acids is 1. The van der Waals surface area contributed by atoms with Gasteiger partial charge in [0.25, 0.3) is 0 Å². The van der Waals surface area contributed by atoms with Crippen LogP contribution in [0, 0.1) is 5.92 Å². The van der Waals surface area contributed by atoms with Gasteiger partial charge in [-0.2, -0.15) is 0 Å². The Morgan fingerprint density at radius 3 is 2.11 bits per heavy atom. The molecule has 0 aliphatic heterocycles. The molecule has 0 spiro atoms. The topological polar surface area (TPSA) is 63.3 Å². The lowest BCUT2D eigenvalue weighted by Gasteiger charge is -2.15. The summed E-state index contributed by atoms with van der Waals surface area (Å²) in [6, 6.07) is -0.662. The van der Waals surface area contributed by atoms with Crippen LogP contribution < -0.4 is 5.73 Å². The number of nitrogens with two attached hydrogens (primary N) is 1. The summed E-state index contributed by atoms with van der Waals surface area (Å²) in [4.78, 5) is 9.89. The van der Waals surface area contributed by atoms with Gasteiger partial charge in [0.1, 0.15) is 0 Å². The van der Waals surface area contributed by atoms with Crippen molar-refractivity contribution in [1.29, 1.82) is 0 Å². The van der Waals surface area contributed by atoms with Crippen LogP contribution in [0.3, 0.4) is 0 Å². The minimum atomic E-state index is -0.662. The maximum absolute atomic E-state index is 9.89. The molecular formula is C6H12NO2. The van der Waals surface area contributed by atoms with Gasteiger partial charge in [0.05, 0.1) is 12.1 Å². The maximum atomic E-state index is 9.89. The van der Waals surface area contributed by atoms with E-state index in [1.165, 1.54) is 0 Å². The van der Waals surface area contributed by atoms with Gasteiger partial charge in [0.15, 0.2) is 0 Å². The van der Waals surface area contributed by atoms with Gasteiger partial charge in [-0.3, -0.25) is 4.79 Å². The summed E-state index contributed by atoms with van der Waals surface area (Å²) in [6.45, 7) is 3.31. The molecule has 1 radical (unpaired) electrons. The molecule has 3 atom stereocenters. The first-order valence-corrected chi connectivity index (χ1v) is 2.91. The van der Waals surface area contributed by atoms with Crippen molar-refractivity contribution in [2.24, 2.45) is 11.7 Å². The van der Waals surface area contributed by atoms with Crippen molar-refractivity contribution in [2.45, 2.75) is 26.0 Å². The molecule has 0 aromatic heterocycles. The Morgan fingerprint density at radius 2 is 2.00 bits per heavy atom. The average molecular weight is 130 g/mol. The zero-order chi connectivity index (χ0) is 7.44. The van der Waals surface area contributed by atoms with Crippen molar-refractivity contribution in [1.82, 2.24) is 0 Å². The van der Waals surface area contributed by atoms with Crippen LogP contribution in [0.4, 0.5) is 0 Å². The molecular weight excluding hydrogens is 118 g/mol. The van der Waals surface area contributed by atoms with Crippen LogP contribution in [0.15, 0.2) is 0 Å². The van der Waals surface area contributed by atoms with Crippen molar-refractivity contribution in [2.75, 3.05) is 0 Å². The summed E-state index contributed by atoms with van der Waals surface area (Å²) in [5.74, 6) is -0.206. The Labute approximate surface area is 54.9 Å². The van der Waals surface area contributed by atoms with Crippen LogP contribution in [0.2, 0.25) is 0 Å². The van der Waals surface area contributed by atoms with Gasteiger partial charge in [-0.15, -0.1) is 0 Å². The summed E-state index contributed by atoms with van der Waals surface area (Å²) < 4.78 is 0. The van der Waals surface area contributed by atoms with Crippen LogP contribution >= 0.6 is 0 Å². The zero-order valence-electron chi connectivity index (χ0n) is 5.66. The molecule has 3 nitrogen and oxygen atoms in total. The van der Waals surface area contributed by atoms with Gasteiger partial charge in [0.2, 0.25) is 6.29 Å². The SMILES string of the molecule is CC(O)[C@H](C)[C@H](N)[C]=O. The highest BCUT2D eigenvalue weighted by molar-refractivity contribution is 5.58. The molecule has 0 saturated carbocycles. The number of aliphatic hydroxyl groups is 1. The summed E-state index contributed by atoms with van der Waals surface area (Å²) >= 11 is 0. The molecule has 53 valence electrons. The smallest absolute Gasteiger partial charge is 0.217 e. The summed E-state index contributed by atoms with van der Waals surface area (Å²) in [5.41, 5.74) is 5.23. The number of hydrogen-bond donors (Lipinski definition) is 2. The molecule has 0 aromatic carbocycles. The third-order valence-corrected chi connectivity index (χ3v) is 1.46. The maximum Gasteiger partial charge on any atom is 0.217 e. The molecule has 0 amide bonds. The summed E-state index contributed by atoms with van der Waals surface area (Å²) in [7, 11) is 0. The number of rotatable bonds is 3. The van der Waals surface area contributed by atoms with E-state index in [2.05, 4.69) is 0 Å². The van der Waals surface area contributed by atoms with Crippen LogP contribution in [0.25, 0.3) is 0 Å². The van der Waals surface area contributed by atoms with E-state index in [4.69, 9.17) is 10.8 Å². The Balaban J connectivity index is 3.71. The molecule has 0 saturated heterocycles. The van der Waals surface area contributed by atoms with Crippen LogP contribution in [-0.2, 0) is 4.79 Å². The molecule has 0 aliphatic rings. The monoisotopic (exact) mass is 130 g/mol. The van der Waals surface area contributed by atoms with E-state index in [1.54, 1.807) is 20.1 Å². The van der Waals surface area contributed by atoms with Crippen molar-refractivity contribution in [3.05, 3.63) is 0 Å². The second-order valence-electron chi connectivity index (χ2n) is 2.24. The summed E-state index contributed by atoms with van der Waals surface area (Å²) in [5, 5.41) is 8.86. The highest BCUT2D eigenvalue weighted by atomic mass is 16.3. The molecule has 3 heteroatoms. The van der Waals surface area contributed by atoms with E-state index in [9.17, 15) is 4.79 Å². The third kappa shape index (κ3) is 2.58. The fourth-order valence-corrected chi connectivity index (χ4v) is 0.407. The highest BCUT2D eigenvalue weighted by Crippen LogP contribution is 2.03. The second kappa shape index (κ2) is 3.58. The Bertz CT molecular complexity index is 93.1. The van der Waals surface area contributed by atoms with E-state index in [0.29, 0.717) is 0 Å². The number of hydrogen-bond acceptors (Lipinski definition) is 3. The first kappa shape index (κ1) is 8.59. The Kier molecular flexibility index (Phi) is 3.42. The number of aliphatic hydroxyl groups excluding tert-OH is 1. The Hall–Kier alpha value is -0.410. The predicted octanol–water partition coefficient (Wildman–Crippen LogP) is -0.560. The van der Waals surface area contributed by atoms with Gasteiger partial charge >= 0.3 is 0 Å². The van der Waals surface area contributed by atoms with Crippen molar-refractivity contribution >= 4 is 6.29 Å². The molecule has 3 N–H and O–H groups in total. The highest BCUT2D eigenvalue weighted by Gasteiger charge is 2.16. The average Bonchev–Trinajstić information content (AvgIpc) is 1.84. The van der Waals surface area contributed by atoms with E-state index in [-0.39, 0.29) is 5.92 Å². The molecule has 0 aliphatic carbocycles. The minimum absolute atomic E-state index is 0.206. The quantitative estimate of drug-likeness (QED) is 0.538. The Morgan fingerprint density at radius 1 is 1.56 bits per heavy atom. The lowest BCUT2D eigenvalue weighted by molar-refractivity contribution is 0.130. The van der Waals surface area contributed by atoms with Gasteiger partial charge in [0, 0.05) is 5.92 Å². The van der Waals surface area contributed by atoms with Crippen molar-refractivity contribution in [3.63, 3.8) is 0 Å². The minimum Gasteiger partial charge on any atom is -0.393 e. The van der Waals surface area contributed by atoms with E-state index in [0.717, 1.165) is 0 Å². The van der Waals surface area contributed by atoms with Crippen LogP contribution in [0.1, 0.15) is 13.8 Å². The lowest BCUT2D eigenvalue weighted by atomic mass is 9.99. The van der Waals surface area contributed by atoms with Gasteiger partial charge in [-0.25, -0.2) is 0 Å². The molecule has 1 unspecified atom stereocenters. The molecule has 0 rings (SSSR count). The molecule has 0 bridgehead atoms. The van der Waals surface area contributed by atoms with Crippen molar-refractivity contribution < 1.29 is 9.90 Å². The largest absolute Gasteiger partial charge is 0.393 e. The van der Waals surface area contributed by atoms with E-state index in [1.807, 2.05) is 0 Å². The van der Waals surface area contributed by atoms with Crippen LogP contribution in [0.5, 0.6) is 0 Å². The first-order chi connectivity index (χ1) is 4.09. The van der Waals surface area contributed by atoms with Gasteiger partial charge in [-0.05, 0) is 6.92 Å². The van der Waals surface area contributed by atoms with Gasteiger partial charge in [-0.1, -0.05) is 6.92 Å². The van der Waals surface area contributed by atoms with Crippen molar-refractivity contribution in [3.8, 4) is 0 Å². The molecule has 0 fully saturated rings. The zero-order valence-corrected chi connectivity index (χ0v) is 5.66. The second-order valence-corrected chi connectivity index (χ2v) is 2.24. The lowest BCUT2D eigenvalue weighted by Crippen LogP contribution is -2.35.